The molecule has 5 aromatic rings. The third kappa shape index (κ3) is 10.3. The maximum atomic E-state index is 14.3. The molecule has 320 valence electrons. The van der Waals surface area contributed by atoms with Gasteiger partial charge in [0, 0.05) is 71.9 Å². The summed E-state index contributed by atoms with van der Waals surface area (Å²) >= 11 is 0. The Balaban J connectivity index is 1.20. The van der Waals surface area contributed by atoms with Gasteiger partial charge in [-0.25, -0.2) is 4.98 Å². The fraction of sp³-hybridized carbons (Fsp3) is 0.395. The minimum atomic E-state index is -1.21. The number of aromatic nitrogens is 4. The van der Waals surface area contributed by atoms with Crippen LogP contribution >= 0.6 is 0 Å². The predicted octanol–water partition coefficient (Wildman–Crippen LogP) is 0.623. The van der Waals surface area contributed by atoms with Gasteiger partial charge in [0.2, 0.25) is 41.4 Å². The molecule has 0 bridgehead atoms. The lowest BCUT2D eigenvalue weighted by molar-refractivity contribution is -0.140. The quantitative estimate of drug-likeness (QED) is 0.107. The van der Waals surface area contributed by atoms with E-state index in [1.54, 1.807) is 12.4 Å². The highest BCUT2D eigenvalue weighted by atomic mass is 16.2. The minimum absolute atomic E-state index is 0.0295. The van der Waals surface area contributed by atoms with Crippen LogP contribution in [0.2, 0.25) is 0 Å². The molecule has 2 aliphatic heterocycles. The summed E-state index contributed by atoms with van der Waals surface area (Å²) in [6, 6.07) is 9.39. The molecule has 3 aromatic heterocycles. The van der Waals surface area contributed by atoms with Crippen molar-refractivity contribution in [1.82, 2.24) is 56.7 Å². The molecule has 18 heteroatoms. The van der Waals surface area contributed by atoms with Crippen LogP contribution < -0.4 is 31.9 Å². The van der Waals surface area contributed by atoms with Crippen molar-refractivity contribution in [2.24, 2.45) is 5.92 Å². The third-order valence-electron chi connectivity index (χ3n) is 11.1. The highest BCUT2D eigenvalue weighted by Crippen LogP contribution is 2.22. The molecule has 0 unspecified atom stereocenters. The Morgan fingerprint density at radius 1 is 0.639 bits per heavy atom. The largest absolute Gasteiger partial charge is 0.361 e. The van der Waals surface area contributed by atoms with Crippen LogP contribution in [0.3, 0.4) is 0 Å². The second kappa shape index (κ2) is 18.9. The second-order valence-electron chi connectivity index (χ2n) is 16.0. The van der Waals surface area contributed by atoms with Crippen LogP contribution in [0.5, 0.6) is 0 Å². The van der Waals surface area contributed by atoms with Crippen molar-refractivity contribution in [3.05, 3.63) is 90.3 Å². The summed E-state index contributed by atoms with van der Waals surface area (Å²) < 4.78 is 0. The Kier molecular flexibility index (Phi) is 13.1. The van der Waals surface area contributed by atoms with Gasteiger partial charge in [-0.3, -0.25) is 33.6 Å². The van der Waals surface area contributed by atoms with Gasteiger partial charge in [-0.2, -0.15) is 0 Å². The maximum Gasteiger partial charge on any atom is 0.243 e. The summed E-state index contributed by atoms with van der Waals surface area (Å²) in [4.78, 5) is 112. The molecule has 7 rings (SSSR count). The molecule has 18 nitrogen and oxygen atoms in total. The summed E-state index contributed by atoms with van der Waals surface area (Å²) in [5, 5.41) is 18.1. The molecular formula is C43H51N11O7. The molecule has 0 spiro atoms. The number of imidazole rings is 1. The van der Waals surface area contributed by atoms with E-state index in [1.165, 1.54) is 17.4 Å². The second-order valence-corrected chi connectivity index (χ2v) is 16.0. The number of amides is 7. The molecule has 2 aliphatic rings. The van der Waals surface area contributed by atoms with E-state index in [4.69, 9.17) is 0 Å². The van der Waals surface area contributed by atoms with Crippen molar-refractivity contribution in [1.29, 1.82) is 0 Å². The van der Waals surface area contributed by atoms with Gasteiger partial charge >= 0.3 is 0 Å². The van der Waals surface area contributed by atoms with Crippen LogP contribution in [-0.2, 0) is 52.8 Å². The molecule has 7 amide bonds. The van der Waals surface area contributed by atoms with E-state index in [2.05, 4.69) is 51.8 Å². The van der Waals surface area contributed by atoms with E-state index in [0.717, 1.165) is 32.9 Å². The first-order valence-electron chi connectivity index (χ1n) is 20.6. The van der Waals surface area contributed by atoms with E-state index in [-0.39, 0.29) is 38.1 Å². The zero-order chi connectivity index (χ0) is 43.0. The predicted molar refractivity (Wildman–Crippen MR) is 224 cm³/mol. The van der Waals surface area contributed by atoms with Crippen LogP contribution in [0, 0.1) is 5.92 Å². The first-order chi connectivity index (χ1) is 29.4. The Hall–Kier alpha value is -6.98. The summed E-state index contributed by atoms with van der Waals surface area (Å²) in [5.74, 6) is -4.50. The summed E-state index contributed by atoms with van der Waals surface area (Å²) in [6.07, 6.45) is 7.53. The van der Waals surface area contributed by atoms with E-state index < -0.39 is 84.6 Å². The zero-order valence-corrected chi connectivity index (χ0v) is 34.0. The Labute approximate surface area is 351 Å². The van der Waals surface area contributed by atoms with Gasteiger partial charge in [0.1, 0.15) is 30.2 Å². The minimum Gasteiger partial charge on any atom is -0.361 e. The molecule has 61 heavy (non-hydrogen) atoms. The Bertz CT molecular complexity index is 2400. The number of rotatable bonds is 8. The van der Waals surface area contributed by atoms with Crippen molar-refractivity contribution >= 4 is 63.2 Å². The van der Waals surface area contributed by atoms with E-state index >= 15 is 0 Å². The molecule has 2 fully saturated rings. The molecule has 5 atom stereocenters. The fourth-order valence-corrected chi connectivity index (χ4v) is 8.06. The molecule has 5 heterocycles. The topological polar surface area (TPSA) is 255 Å². The molecule has 0 radical (unpaired) electrons. The van der Waals surface area contributed by atoms with Gasteiger partial charge in [-0.1, -0.05) is 50.2 Å². The van der Waals surface area contributed by atoms with Crippen LogP contribution in [0.1, 0.15) is 49.9 Å². The molecule has 0 aliphatic carbocycles. The molecule has 9 N–H and O–H groups in total. The zero-order valence-electron chi connectivity index (χ0n) is 34.0. The number of para-hydroxylation sites is 2. The van der Waals surface area contributed by atoms with Crippen molar-refractivity contribution < 1.29 is 33.6 Å². The van der Waals surface area contributed by atoms with Gasteiger partial charge in [0.05, 0.1) is 19.4 Å². The molecule has 0 saturated carbocycles. The smallest absolute Gasteiger partial charge is 0.243 e. The average molecular weight is 834 g/mol. The highest BCUT2D eigenvalue weighted by Gasteiger charge is 2.38. The number of fused-ring (bicyclic) bond motifs is 3. The number of benzene rings is 2. The van der Waals surface area contributed by atoms with E-state index in [9.17, 15) is 33.6 Å². The Morgan fingerprint density at radius 2 is 1.20 bits per heavy atom. The number of carbonyl (C=O) groups is 7. The number of nitrogens with one attached hydrogen (secondary N) is 9. The van der Waals surface area contributed by atoms with Gasteiger partial charge in [-0.15, -0.1) is 0 Å². The maximum absolute atomic E-state index is 14.3. The van der Waals surface area contributed by atoms with E-state index in [0.29, 0.717) is 18.5 Å². The number of H-pyrrole nitrogens is 3. The summed E-state index contributed by atoms with van der Waals surface area (Å²) in [7, 11) is 0. The third-order valence-corrected chi connectivity index (χ3v) is 11.1. The Morgan fingerprint density at radius 3 is 1.82 bits per heavy atom. The standard InChI is InChI=1S/C43H51N11O7/c1-24(2)14-32-41(59)52-35(17-27-20-44-23-49-27)40(58)47-21-37(55)50-33(15-25-18-45-30-10-5-3-8-28(25)30)39(57)48-22-38(56)54-13-7-12-36(54)43(61)53-34(42(60)51-32)16-26-19-46-31-11-6-4-9-29(26)31/h3-6,8-11,18-20,23-24,32-36,45-46H,7,12-17,21-22H2,1-2H3,(H,44,49)(H,47,58)(H,48,57)(H,50,55)(H,51,60)(H,52,59)(H,53,61)/t32-,33-,34-,35-,36-/m0/s1. The number of hydrogen-bond acceptors (Lipinski definition) is 8. The number of nitrogens with zero attached hydrogens (tertiary/aromatic N) is 2. The lowest BCUT2D eigenvalue weighted by Gasteiger charge is -2.28. The highest BCUT2D eigenvalue weighted by molar-refractivity contribution is 5.98. The van der Waals surface area contributed by atoms with Gasteiger partial charge in [0.25, 0.3) is 0 Å². The SMILES string of the molecule is CC(C)C[C@@H]1NC(=O)[C@H](Cc2c[nH]c3ccccc23)NC(=O)[C@@H]2CCCN2C(=O)CNC(=O)[C@H](Cc2c[nH]c3ccccc23)NC(=O)CNC(=O)[C@H](Cc2cnc[nH]2)NC1=O. The van der Waals surface area contributed by atoms with Crippen molar-refractivity contribution in [2.75, 3.05) is 19.6 Å². The van der Waals surface area contributed by atoms with Crippen LogP contribution in [-0.4, -0.2) is 116 Å². The summed E-state index contributed by atoms with van der Waals surface area (Å²) in [6.45, 7) is 3.01. The normalized spacial score (nSPS) is 22.8. The average Bonchev–Trinajstić information content (AvgIpc) is 4.09. The monoisotopic (exact) mass is 833 g/mol. The lowest BCUT2D eigenvalue weighted by atomic mass is 10.00. The number of carbonyl (C=O) groups excluding carboxylic acids is 7. The van der Waals surface area contributed by atoms with Gasteiger partial charge in [-0.05, 0) is 48.4 Å². The first kappa shape index (κ1) is 42.2. The number of aromatic amines is 3. The number of hydrogen-bond donors (Lipinski definition) is 9. The van der Waals surface area contributed by atoms with Crippen LogP contribution in [0.4, 0.5) is 0 Å². The van der Waals surface area contributed by atoms with Crippen molar-refractivity contribution in [3.63, 3.8) is 0 Å². The first-order valence-corrected chi connectivity index (χ1v) is 20.6. The van der Waals surface area contributed by atoms with Crippen molar-refractivity contribution in [2.45, 2.75) is 82.6 Å². The molecular weight excluding hydrogens is 783 g/mol. The molecule has 2 saturated heterocycles. The van der Waals surface area contributed by atoms with Gasteiger partial charge < -0.3 is 51.8 Å². The molecule has 2 aromatic carbocycles. The van der Waals surface area contributed by atoms with Gasteiger partial charge in [0.15, 0.2) is 0 Å². The van der Waals surface area contributed by atoms with Crippen molar-refractivity contribution in [3.8, 4) is 0 Å². The van der Waals surface area contributed by atoms with E-state index in [1.807, 2.05) is 62.4 Å². The summed E-state index contributed by atoms with van der Waals surface area (Å²) in [5.41, 5.74) is 3.66. The van der Waals surface area contributed by atoms with Crippen LogP contribution in [0.15, 0.2) is 73.4 Å². The lowest BCUT2D eigenvalue weighted by Crippen LogP contribution is -2.59. The van der Waals surface area contributed by atoms with Crippen LogP contribution in [0.25, 0.3) is 21.8 Å². The fourth-order valence-electron chi connectivity index (χ4n) is 8.06.